The molecule has 22 heavy (non-hydrogen) atoms. The summed E-state index contributed by atoms with van der Waals surface area (Å²) in [6, 6.07) is 11.5. The number of amides is 2. The van der Waals surface area contributed by atoms with Gasteiger partial charge in [-0.05, 0) is 42.5 Å². The lowest BCUT2D eigenvalue weighted by atomic mass is 10.2. The third-order valence-electron chi connectivity index (χ3n) is 2.88. The Balaban J connectivity index is 2.15. The molecular formula is C16H15ClN2O3. The summed E-state index contributed by atoms with van der Waals surface area (Å²) >= 11 is 5.93. The Morgan fingerprint density at radius 1 is 1.05 bits per heavy atom. The lowest BCUT2D eigenvalue weighted by molar-refractivity contribution is -0.114. The monoisotopic (exact) mass is 318 g/mol. The van der Waals surface area contributed by atoms with E-state index in [1.54, 1.807) is 42.5 Å². The van der Waals surface area contributed by atoms with Gasteiger partial charge in [-0.25, -0.2) is 0 Å². The molecule has 0 radical (unpaired) electrons. The van der Waals surface area contributed by atoms with Gasteiger partial charge in [0.1, 0.15) is 5.75 Å². The molecule has 0 heterocycles. The third kappa shape index (κ3) is 3.99. The van der Waals surface area contributed by atoms with E-state index in [0.29, 0.717) is 27.7 Å². The maximum atomic E-state index is 12.2. The van der Waals surface area contributed by atoms with Crippen LogP contribution in [0.3, 0.4) is 0 Å². The van der Waals surface area contributed by atoms with Crippen molar-refractivity contribution in [2.75, 3.05) is 17.7 Å². The van der Waals surface area contributed by atoms with Crippen molar-refractivity contribution in [3.05, 3.63) is 53.1 Å². The molecule has 0 atom stereocenters. The average Bonchev–Trinajstić information content (AvgIpc) is 2.47. The summed E-state index contributed by atoms with van der Waals surface area (Å²) in [7, 11) is 1.51. The highest BCUT2D eigenvalue weighted by Gasteiger charge is 2.10. The van der Waals surface area contributed by atoms with E-state index in [2.05, 4.69) is 10.6 Å². The number of rotatable bonds is 4. The van der Waals surface area contributed by atoms with Crippen LogP contribution in [0.15, 0.2) is 42.5 Å². The number of carbonyl (C=O) groups excluding carboxylic acids is 2. The van der Waals surface area contributed by atoms with Crippen molar-refractivity contribution in [3.8, 4) is 5.75 Å². The molecule has 114 valence electrons. The van der Waals surface area contributed by atoms with Gasteiger partial charge in [0, 0.05) is 23.2 Å². The largest absolute Gasteiger partial charge is 0.495 e. The Labute approximate surface area is 133 Å². The molecule has 6 heteroatoms. The van der Waals surface area contributed by atoms with E-state index >= 15 is 0 Å². The number of carbonyl (C=O) groups is 2. The van der Waals surface area contributed by atoms with Gasteiger partial charge in [0.2, 0.25) is 5.91 Å². The predicted octanol–water partition coefficient (Wildman–Crippen LogP) is 3.56. The zero-order chi connectivity index (χ0) is 16.1. The van der Waals surface area contributed by atoms with Crippen LogP contribution < -0.4 is 15.4 Å². The predicted molar refractivity (Wildman–Crippen MR) is 86.7 cm³/mol. The molecule has 0 saturated heterocycles. The summed E-state index contributed by atoms with van der Waals surface area (Å²) in [5, 5.41) is 5.88. The first-order chi connectivity index (χ1) is 10.5. The zero-order valence-electron chi connectivity index (χ0n) is 12.1. The van der Waals surface area contributed by atoms with E-state index in [4.69, 9.17) is 16.3 Å². The van der Waals surface area contributed by atoms with Crippen LogP contribution in [-0.2, 0) is 4.79 Å². The number of halogens is 1. The Kier molecular flexibility index (Phi) is 5.01. The van der Waals surface area contributed by atoms with Gasteiger partial charge in [-0.15, -0.1) is 0 Å². The van der Waals surface area contributed by atoms with E-state index in [1.165, 1.54) is 14.0 Å². The van der Waals surface area contributed by atoms with Crippen molar-refractivity contribution in [2.24, 2.45) is 0 Å². The highest BCUT2D eigenvalue weighted by atomic mass is 35.5. The summed E-state index contributed by atoms with van der Waals surface area (Å²) in [5.74, 6) is 0.0587. The SMILES string of the molecule is COc1ccc(Cl)cc1NC(=O)c1ccc(NC(C)=O)cc1. The second-order valence-electron chi connectivity index (χ2n) is 4.56. The van der Waals surface area contributed by atoms with E-state index in [9.17, 15) is 9.59 Å². The maximum absolute atomic E-state index is 12.2. The van der Waals surface area contributed by atoms with Crippen molar-refractivity contribution in [3.63, 3.8) is 0 Å². The number of ether oxygens (including phenoxy) is 1. The Morgan fingerprint density at radius 3 is 2.32 bits per heavy atom. The highest BCUT2D eigenvalue weighted by molar-refractivity contribution is 6.31. The number of methoxy groups -OCH3 is 1. The first-order valence-corrected chi connectivity index (χ1v) is 6.90. The first-order valence-electron chi connectivity index (χ1n) is 6.52. The molecule has 2 amide bonds. The molecule has 0 fully saturated rings. The first kappa shape index (κ1) is 15.9. The van der Waals surface area contributed by atoms with E-state index < -0.39 is 0 Å². The second-order valence-corrected chi connectivity index (χ2v) is 4.99. The van der Waals surface area contributed by atoms with Gasteiger partial charge >= 0.3 is 0 Å². The summed E-state index contributed by atoms with van der Waals surface area (Å²) in [4.78, 5) is 23.2. The van der Waals surface area contributed by atoms with Gasteiger partial charge in [-0.2, -0.15) is 0 Å². The Bertz CT molecular complexity index is 699. The minimum atomic E-state index is -0.296. The van der Waals surface area contributed by atoms with Gasteiger partial charge in [0.05, 0.1) is 12.8 Å². The van der Waals surface area contributed by atoms with Gasteiger partial charge in [-0.1, -0.05) is 11.6 Å². The van der Waals surface area contributed by atoms with Crippen molar-refractivity contribution in [2.45, 2.75) is 6.92 Å². The van der Waals surface area contributed by atoms with Crippen molar-refractivity contribution < 1.29 is 14.3 Å². The maximum Gasteiger partial charge on any atom is 0.255 e. The highest BCUT2D eigenvalue weighted by Crippen LogP contribution is 2.28. The molecule has 2 N–H and O–H groups in total. The van der Waals surface area contributed by atoms with Crippen LogP contribution in [0.25, 0.3) is 0 Å². The van der Waals surface area contributed by atoms with Crippen LogP contribution in [0.1, 0.15) is 17.3 Å². The number of hydrogen-bond donors (Lipinski definition) is 2. The van der Waals surface area contributed by atoms with Gasteiger partial charge in [0.15, 0.2) is 0 Å². The smallest absolute Gasteiger partial charge is 0.255 e. The third-order valence-corrected chi connectivity index (χ3v) is 3.11. The van der Waals surface area contributed by atoms with Crippen molar-refractivity contribution in [1.29, 1.82) is 0 Å². The van der Waals surface area contributed by atoms with Gasteiger partial charge < -0.3 is 15.4 Å². The van der Waals surface area contributed by atoms with Crippen LogP contribution in [0, 0.1) is 0 Å². The topological polar surface area (TPSA) is 67.4 Å². The molecule has 0 spiro atoms. The summed E-state index contributed by atoms with van der Waals surface area (Å²) < 4.78 is 5.18. The Morgan fingerprint density at radius 2 is 1.73 bits per heavy atom. The molecule has 0 aliphatic carbocycles. The van der Waals surface area contributed by atoms with Crippen LogP contribution in [0.5, 0.6) is 5.75 Å². The minimum absolute atomic E-state index is 0.166. The normalized spacial score (nSPS) is 9.95. The van der Waals surface area contributed by atoms with E-state index in [0.717, 1.165) is 0 Å². The van der Waals surface area contributed by atoms with E-state index in [1.807, 2.05) is 0 Å². The molecule has 0 aliphatic rings. The summed E-state index contributed by atoms with van der Waals surface area (Å²) in [5.41, 5.74) is 1.58. The molecule has 5 nitrogen and oxygen atoms in total. The second kappa shape index (κ2) is 6.95. The molecule has 0 unspecified atom stereocenters. The quantitative estimate of drug-likeness (QED) is 0.905. The Hall–Kier alpha value is -2.53. The lowest BCUT2D eigenvalue weighted by Gasteiger charge is -2.11. The van der Waals surface area contributed by atoms with Gasteiger partial charge in [-0.3, -0.25) is 9.59 Å². The fraction of sp³-hybridized carbons (Fsp3) is 0.125. The average molecular weight is 319 g/mol. The van der Waals surface area contributed by atoms with Gasteiger partial charge in [0.25, 0.3) is 5.91 Å². The molecule has 2 rings (SSSR count). The zero-order valence-corrected chi connectivity index (χ0v) is 12.9. The molecule has 0 aliphatic heterocycles. The fourth-order valence-corrected chi connectivity index (χ4v) is 2.05. The summed E-state index contributed by atoms with van der Waals surface area (Å²) in [6.45, 7) is 1.42. The van der Waals surface area contributed by atoms with Crippen LogP contribution in [0.2, 0.25) is 5.02 Å². The molecule has 2 aromatic carbocycles. The summed E-state index contributed by atoms with van der Waals surface area (Å²) in [6.07, 6.45) is 0. The van der Waals surface area contributed by atoms with Crippen LogP contribution >= 0.6 is 11.6 Å². The number of nitrogens with one attached hydrogen (secondary N) is 2. The van der Waals surface area contributed by atoms with Crippen molar-refractivity contribution in [1.82, 2.24) is 0 Å². The van der Waals surface area contributed by atoms with Crippen LogP contribution in [0.4, 0.5) is 11.4 Å². The standard InChI is InChI=1S/C16H15ClN2O3/c1-10(20)18-13-6-3-11(4-7-13)16(21)19-14-9-12(17)5-8-15(14)22-2/h3-9H,1-2H3,(H,18,20)(H,19,21). The molecule has 0 aromatic heterocycles. The minimum Gasteiger partial charge on any atom is -0.495 e. The number of benzene rings is 2. The fourth-order valence-electron chi connectivity index (χ4n) is 1.88. The molecule has 0 bridgehead atoms. The molecule has 0 saturated carbocycles. The molecular weight excluding hydrogens is 304 g/mol. The van der Waals surface area contributed by atoms with E-state index in [-0.39, 0.29) is 11.8 Å². The number of hydrogen-bond acceptors (Lipinski definition) is 3. The molecule has 2 aromatic rings. The van der Waals surface area contributed by atoms with Crippen molar-refractivity contribution >= 4 is 34.8 Å². The van der Waals surface area contributed by atoms with Crippen LogP contribution in [-0.4, -0.2) is 18.9 Å². The number of anilines is 2. The lowest BCUT2D eigenvalue weighted by Crippen LogP contribution is -2.13.